The van der Waals surface area contributed by atoms with Crippen molar-refractivity contribution >= 4 is 11.9 Å². The minimum atomic E-state index is -4.48. The van der Waals surface area contributed by atoms with Gasteiger partial charge in [0.15, 0.2) is 6.61 Å². The van der Waals surface area contributed by atoms with Crippen molar-refractivity contribution in [2.75, 3.05) is 13.2 Å². The number of pyridine rings is 1. The predicted molar refractivity (Wildman–Crippen MR) is 72.1 cm³/mol. The first kappa shape index (κ1) is 17.0. The Kier molecular flexibility index (Phi) is 4.49. The fraction of sp³-hybridized carbons (Fsp3) is 0.500. The van der Waals surface area contributed by atoms with Gasteiger partial charge in [0.25, 0.3) is 5.91 Å². The van der Waals surface area contributed by atoms with Gasteiger partial charge in [-0.1, -0.05) is 0 Å². The lowest BCUT2D eigenvalue weighted by molar-refractivity contribution is -0.154. The number of amides is 1. The maximum absolute atomic E-state index is 12.4. The lowest BCUT2D eigenvalue weighted by Crippen LogP contribution is -2.50. The van der Waals surface area contributed by atoms with E-state index in [2.05, 4.69) is 9.72 Å². The van der Waals surface area contributed by atoms with Gasteiger partial charge in [-0.3, -0.25) is 4.79 Å². The smallest absolute Gasteiger partial charge is 0.422 e. The molecule has 6 nitrogen and oxygen atoms in total. The van der Waals surface area contributed by atoms with Crippen LogP contribution < -0.4 is 4.74 Å². The van der Waals surface area contributed by atoms with Crippen LogP contribution in [0.3, 0.4) is 0 Å². The molecule has 23 heavy (non-hydrogen) atoms. The lowest BCUT2D eigenvalue weighted by Gasteiger charge is -2.31. The number of aromatic nitrogens is 1. The van der Waals surface area contributed by atoms with E-state index < -0.39 is 30.2 Å². The van der Waals surface area contributed by atoms with Crippen molar-refractivity contribution in [1.29, 1.82) is 0 Å². The summed E-state index contributed by atoms with van der Waals surface area (Å²) in [7, 11) is 0. The summed E-state index contributed by atoms with van der Waals surface area (Å²) in [6.07, 6.45) is -2.49. The van der Waals surface area contributed by atoms with Gasteiger partial charge >= 0.3 is 12.1 Å². The first-order valence-corrected chi connectivity index (χ1v) is 6.84. The topological polar surface area (TPSA) is 79.7 Å². The summed E-state index contributed by atoms with van der Waals surface area (Å²) in [6, 6.07) is 2.41. The normalized spacial score (nSPS) is 21.3. The van der Waals surface area contributed by atoms with Crippen LogP contribution in [0.2, 0.25) is 0 Å². The van der Waals surface area contributed by atoms with Crippen LogP contribution in [0.5, 0.6) is 5.88 Å². The predicted octanol–water partition coefficient (Wildman–Crippen LogP) is 2.10. The zero-order valence-corrected chi connectivity index (χ0v) is 12.3. The molecule has 2 rings (SSSR count). The number of carbonyl (C=O) groups is 2. The molecule has 1 saturated heterocycles. The molecular weight excluding hydrogens is 317 g/mol. The van der Waals surface area contributed by atoms with Gasteiger partial charge in [-0.2, -0.15) is 13.2 Å². The zero-order chi connectivity index (χ0) is 17.3. The Balaban J connectivity index is 2.10. The Hall–Kier alpha value is -2.32. The van der Waals surface area contributed by atoms with E-state index in [0.29, 0.717) is 19.4 Å². The number of likely N-dealkylation sites (tertiary alicyclic amines) is 1. The van der Waals surface area contributed by atoms with Crippen LogP contribution in [-0.4, -0.2) is 51.7 Å². The Bertz CT molecular complexity index is 603. The van der Waals surface area contributed by atoms with Crippen LogP contribution in [0.1, 0.15) is 30.1 Å². The highest BCUT2D eigenvalue weighted by atomic mass is 19.4. The van der Waals surface area contributed by atoms with Crippen LogP contribution in [0.25, 0.3) is 0 Å². The molecule has 1 N–H and O–H groups in total. The third-order valence-corrected chi connectivity index (χ3v) is 3.71. The highest BCUT2D eigenvalue weighted by Gasteiger charge is 2.46. The van der Waals surface area contributed by atoms with Gasteiger partial charge in [-0.25, -0.2) is 9.78 Å². The Labute approximate surface area is 129 Å². The molecule has 0 saturated carbocycles. The van der Waals surface area contributed by atoms with Crippen molar-refractivity contribution in [3.8, 4) is 5.88 Å². The van der Waals surface area contributed by atoms with Crippen molar-refractivity contribution in [3.05, 3.63) is 23.9 Å². The van der Waals surface area contributed by atoms with E-state index in [0.717, 1.165) is 12.3 Å². The summed E-state index contributed by atoms with van der Waals surface area (Å²) in [6.45, 7) is 0.291. The van der Waals surface area contributed by atoms with E-state index in [1.54, 1.807) is 0 Å². The summed E-state index contributed by atoms with van der Waals surface area (Å²) >= 11 is 0. The van der Waals surface area contributed by atoms with Crippen LogP contribution in [0, 0.1) is 0 Å². The van der Waals surface area contributed by atoms with Crippen LogP contribution >= 0.6 is 0 Å². The van der Waals surface area contributed by atoms with Gasteiger partial charge in [0, 0.05) is 18.8 Å². The summed E-state index contributed by atoms with van der Waals surface area (Å²) in [5, 5.41) is 9.29. The molecule has 9 heteroatoms. The molecule has 0 bridgehead atoms. The van der Waals surface area contributed by atoms with E-state index in [9.17, 15) is 27.9 Å². The van der Waals surface area contributed by atoms with Gasteiger partial charge in [0.05, 0.1) is 5.56 Å². The van der Waals surface area contributed by atoms with E-state index in [4.69, 9.17) is 0 Å². The van der Waals surface area contributed by atoms with Crippen molar-refractivity contribution in [3.63, 3.8) is 0 Å². The monoisotopic (exact) mass is 332 g/mol. The summed E-state index contributed by atoms with van der Waals surface area (Å²) in [5.74, 6) is -1.88. The molecule has 0 spiro atoms. The van der Waals surface area contributed by atoms with Crippen molar-refractivity contribution in [2.45, 2.75) is 31.5 Å². The molecule has 1 atom stereocenters. The second kappa shape index (κ2) is 6.05. The van der Waals surface area contributed by atoms with E-state index in [-0.39, 0.29) is 11.4 Å². The maximum Gasteiger partial charge on any atom is 0.422 e. The lowest BCUT2D eigenvalue weighted by atomic mass is 9.99. The van der Waals surface area contributed by atoms with E-state index in [1.807, 2.05) is 0 Å². The molecule has 1 fully saturated rings. The summed E-state index contributed by atoms with van der Waals surface area (Å²) in [4.78, 5) is 28.7. The molecule has 126 valence electrons. The fourth-order valence-corrected chi connectivity index (χ4v) is 2.41. The third kappa shape index (κ3) is 3.72. The molecule has 1 aromatic rings. The number of carboxylic acid groups (broad SMARTS) is 1. The van der Waals surface area contributed by atoms with Gasteiger partial charge in [-0.05, 0) is 25.8 Å². The molecule has 1 aliphatic heterocycles. The summed E-state index contributed by atoms with van der Waals surface area (Å²) < 4.78 is 40.6. The Morgan fingerprint density at radius 1 is 1.43 bits per heavy atom. The molecule has 1 amide bonds. The van der Waals surface area contributed by atoms with E-state index in [1.165, 1.54) is 17.9 Å². The van der Waals surface area contributed by atoms with Gasteiger partial charge in [-0.15, -0.1) is 0 Å². The Morgan fingerprint density at radius 3 is 2.65 bits per heavy atom. The number of rotatable bonds is 4. The van der Waals surface area contributed by atoms with Gasteiger partial charge in [0.1, 0.15) is 5.54 Å². The summed E-state index contributed by atoms with van der Waals surface area (Å²) in [5.41, 5.74) is -1.19. The molecule has 1 unspecified atom stereocenters. The maximum atomic E-state index is 12.4. The largest absolute Gasteiger partial charge is 0.480 e. The van der Waals surface area contributed by atoms with Crippen LogP contribution in [0.4, 0.5) is 13.2 Å². The number of aliphatic carboxylic acids is 1. The second-order valence-corrected chi connectivity index (χ2v) is 5.43. The second-order valence-electron chi connectivity index (χ2n) is 5.43. The first-order chi connectivity index (χ1) is 10.6. The molecule has 1 aromatic heterocycles. The molecule has 1 aliphatic rings. The van der Waals surface area contributed by atoms with Crippen LogP contribution in [-0.2, 0) is 4.79 Å². The molecule has 0 aromatic carbocycles. The average Bonchev–Trinajstić information content (AvgIpc) is 2.87. The number of halogens is 3. The molecule has 2 heterocycles. The number of alkyl halides is 3. The van der Waals surface area contributed by atoms with Crippen LogP contribution in [0.15, 0.2) is 18.3 Å². The van der Waals surface area contributed by atoms with Gasteiger partial charge in [0.2, 0.25) is 5.88 Å². The van der Waals surface area contributed by atoms with Gasteiger partial charge < -0.3 is 14.7 Å². The average molecular weight is 332 g/mol. The SMILES string of the molecule is CC1(C(=O)O)CCCN1C(=O)c1ccc(OCC(F)(F)F)nc1. The molecular formula is C14H15F3N2O4. The minimum absolute atomic E-state index is 0.0960. The number of carboxylic acids is 1. The zero-order valence-electron chi connectivity index (χ0n) is 12.3. The van der Waals surface area contributed by atoms with E-state index >= 15 is 0 Å². The molecule has 0 aliphatic carbocycles. The van der Waals surface area contributed by atoms with Crippen molar-refractivity contribution in [2.24, 2.45) is 0 Å². The highest BCUT2D eigenvalue weighted by molar-refractivity contribution is 5.98. The first-order valence-electron chi connectivity index (χ1n) is 6.84. The third-order valence-electron chi connectivity index (χ3n) is 3.71. The number of hydrogen-bond donors (Lipinski definition) is 1. The van der Waals surface area contributed by atoms with Crippen molar-refractivity contribution in [1.82, 2.24) is 9.88 Å². The quantitative estimate of drug-likeness (QED) is 0.913. The number of carbonyl (C=O) groups excluding carboxylic acids is 1. The number of nitrogens with zero attached hydrogens (tertiary/aromatic N) is 2. The highest BCUT2D eigenvalue weighted by Crippen LogP contribution is 2.30. The minimum Gasteiger partial charge on any atom is -0.480 e. The number of ether oxygens (including phenoxy) is 1. The van der Waals surface area contributed by atoms with Crippen molar-refractivity contribution < 1.29 is 32.6 Å². The number of hydrogen-bond acceptors (Lipinski definition) is 4. The molecule has 0 radical (unpaired) electrons. The standard InChI is InChI=1S/C14H15F3N2O4/c1-13(12(21)22)5-2-6-19(13)11(20)9-3-4-10(18-7-9)23-8-14(15,16)17/h3-4,7H,2,5-6,8H2,1H3,(H,21,22). The Morgan fingerprint density at radius 2 is 2.13 bits per heavy atom. The fourth-order valence-electron chi connectivity index (χ4n) is 2.41.